The van der Waals surface area contributed by atoms with E-state index in [9.17, 15) is 27.9 Å². The SMILES string of the molecule is C=C(/C=N\C(=C/N)C(=O)OC)Oc1ccc([C@@H](C)[C@@](O)(c2ccc(=O)n(C)c2)C(F)(F)F)c(Cl)c1Cl. The number of hydrogen-bond donors (Lipinski definition) is 2. The number of alkyl halides is 3. The number of halogens is 5. The van der Waals surface area contributed by atoms with E-state index >= 15 is 0 Å². The Morgan fingerprint density at radius 1 is 1.25 bits per heavy atom. The highest BCUT2D eigenvalue weighted by atomic mass is 35.5. The lowest BCUT2D eigenvalue weighted by Crippen LogP contribution is -2.47. The fourth-order valence-corrected chi connectivity index (χ4v) is 3.77. The second-order valence-corrected chi connectivity index (χ2v) is 8.26. The maximum Gasteiger partial charge on any atom is 0.422 e. The van der Waals surface area contributed by atoms with Crippen molar-refractivity contribution in [3.63, 3.8) is 0 Å². The van der Waals surface area contributed by atoms with Crippen LogP contribution in [-0.4, -0.2) is 35.1 Å². The zero-order valence-corrected chi connectivity index (χ0v) is 20.8. The van der Waals surface area contributed by atoms with Gasteiger partial charge in [-0.1, -0.05) is 42.8 Å². The van der Waals surface area contributed by atoms with Crippen LogP contribution in [0.4, 0.5) is 13.2 Å². The molecule has 2 rings (SSSR count). The minimum atomic E-state index is -5.15. The molecule has 0 radical (unpaired) electrons. The first-order valence-corrected chi connectivity index (χ1v) is 10.8. The van der Waals surface area contributed by atoms with Gasteiger partial charge in [0, 0.05) is 37.0 Å². The molecule has 0 unspecified atom stereocenters. The Balaban J connectivity index is 2.44. The molecule has 0 saturated heterocycles. The first kappa shape index (κ1) is 29.0. The van der Waals surface area contributed by atoms with Crippen molar-refractivity contribution in [2.45, 2.75) is 24.6 Å². The Kier molecular flexibility index (Phi) is 9.00. The van der Waals surface area contributed by atoms with Crippen molar-refractivity contribution < 1.29 is 32.5 Å². The second kappa shape index (κ2) is 11.2. The van der Waals surface area contributed by atoms with Gasteiger partial charge in [-0.15, -0.1) is 0 Å². The van der Waals surface area contributed by atoms with Crippen molar-refractivity contribution in [2.24, 2.45) is 17.8 Å². The van der Waals surface area contributed by atoms with Crippen molar-refractivity contribution in [1.82, 2.24) is 4.57 Å². The summed E-state index contributed by atoms with van der Waals surface area (Å²) in [4.78, 5) is 26.9. The zero-order chi connectivity index (χ0) is 27.4. The van der Waals surface area contributed by atoms with Gasteiger partial charge >= 0.3 is 12.1 Å². The molecule has 2 atom stereocenters. The Bertz CT molecular complexity index is 1290. The number of esters is 1. The van der Waals surface area contributed by atoms with Gasteiger partial charge in [-0.2, -0.15) is 13.2 Å². The summed E-state index contributed by atoms with van der Waals surface area (Å²) in [5, 5.41) is 10.4. The molecule has 8 nitrogen and oxygen atoms in total. The molecule has 194 valence electrons. The molecule has 0 spiro atoms. The number of rotatable bonds is 8. The van der Waals surface area contributed by atoms with E-state index < -0.39 is 34.8 Å². The van der Waals surface area contributed by atoms with Gasteiger partial charge in [0.2, 0.25) is 5.56 Å². The first-order valence-electron chi connectivity index (χ1n) is 10.0. The summed E-state index contributed by atoms with van der Waals surface area (Å²) in [6.07, 6.45) is -2.30. The van der Waals surface area contributed by atoms with Gasteiger partial charge < -0.3 is 24.9 Å². The predicted octanol–water partition coefficient (Wildman–Crippen LogP) is 4.18. The largest absolute Gasteiger partial charge is 0.464 e. The van der Waals surface area contributed by atoms with E-state index in [1.807, 2.05) is 0 Å². The van der Waals surface area contributed by atoms with Gasteiger partial charge in [-0.3, -0.25) is 4.79 Å². The number of pyridine rings is 1. The van der Waals surface area contributed by atoms with E-state index in [4.69, 9.17) is 33.7 Å². The monoisotopic (exact) mass is 547 g/mol. The average Bonchev–Trinajstić information content (AvgIpc) is 2.82. The van der Waals surface area contributed by atoms with Crippen LogP contribution >= 0.6 is 23.2 Å². The van der Waals surface area contributed by atoms with Crippen LogP contribution in [0.5, 0.6) is 5.75 Å². The van der Waals surface area contributed by atoms with Gasteiger partial charge in [-0.25, -0.2) is 9.79 Å². The highest BCUT2D eigenvalue weighted by Gasteiger charge is 2.59. The lowest BCUT2D eigenvalue weighted by molar-refractivity contribution is -0.274. The second-order valence-electron chi connectivity index (χ2n) is 7.50. The van der Waals surface area contributed by atoms with E-state index in [2.05, 4.69) is 16.3 Å². The number of nitrogens with zero attached hydrogens (tertiary/aromatic N) is 2. The number of aliphatic hydroxyl groups is 1. The van der Waals surface area contributed by atoms with Crippen LogP contribution in [0.3, 0.4) is 0 Å². The van der Waals surface area contributed by atoms with E-state index in [1.54, 1.807) is 0 Å². The van der Waals surface area contributed by atoms with Gasteiger partial charge in [0.05, 0.1) is 18.3 Å². The third-order valence-corrected chi connectivity index (χ3v) is 6.15. The van der Waals surface area contributed by atoms with Crippen LogP contribution in [0.2, 0.25) is 10.0 Å². The summed E-state index contributed by atoms with van der Waals surface area (Å²) in [6.45, 7) is 4.71. The summed E-state index contributed by atoms with van der Waals surface area (Å²) in [7, 11) is 2.40. The molecule has 0 aliphatic rings. The molecular formula is C23H22Cl2F3N3O5. The number of carbonyl (C=O) groups excluding carboxylic acids is 1. The Morgan fingerprint density at radius 3 is 2.42 bits per heavy atom. The van der Waals surface area contributed by atoms with Crippen molar-refractivity contribution in [3.8, 4) is 5.75 Å². The molecule has 3 N–H and O–H groups in total. The fourth-order valence-electron chi connectivity index (χ4n) is 3.24. The van der Waals surface area contributed by atoms with E-state index in [-0.39, 0.29) is 32.8 Å². The summed E-state index contributed by atoms with van der Waals surface area (Å²) in [5.74, 6) is -2.66. The molecule has 0 fully saturated rings. The highest BCUT2D eigenvalue weighted by molar-refractivity contribution is 6.43. The smallest absolute Gasteiger partial charge is 0.422 e. The molecule has 0 bridgehead atoms. The summed E-state index contributed by atoms with van der Waals surface area (Å²) in [5.41, 5.74) is 0.398. The Hall–Kier alpha value is -3.28. The van der Waals surface area contributed by atoms with Crippen LogP contribution in [0.15, 0.2) is 64.5 Å². The summed E-state index contributed by atoms with van der Waals surface area (Å²) >= 11 is 12.5. The van der Waals surface area contributed by atoms with Gasteiger partial charge in [-0.05, 0) is 17.7 Å². The number of nitrogens with two attached hydrogens (primary N) is 1. The number of benzene rings is 1. The number of aliphatic imine (C=N–C) groups is 1. The predicted molar refractivity (Wildman–Crippen MR) is 129 cm³/mol. The van der Waals surface area contributed by atoms with Crippen molar-refractivity contribution in [3.05, 3.63) is 86.2 Å². The number of ether oxygens (including phenoxy) is 2. The molecule has 1 aromatic heterocycles. The maximum atomic E-state index is 14.2. The van der Waals surface area contributed by atoms with Gasteiger partial charge in [0.15, 0.2) is 11.3 Å². The molecule has 36 heavy (non-hydrogen) atoms. The van der Waals surface area contributed by atoms with Crippen LogP contribution in [-0.2, 0) is 22.2 Å². The number of methoxy groups -OCH3 is 1. The number of allylic oxidation sites excluding steroid dienone is 1. The normalized spacial score (nSPS) is 14.9. The number of aromatic nitrogens is 1. The van der Waals surface area contributed by atoms with E-state index in [0.717, 1.165) is 49.3 Å². The standard InChI is InChI=1S/C23H22Cl2F3N3O5/c1-12(10-30-16(9-29)21(33)35-4)36-17-7-6-15(19(24)20(17)25)13(2)22(34,23(26,27)28)14-5-8-18(32)31(3)11-14/h5-11,13,34H,1,29H2,2-4H3/b16-9-,30-10-/t13-,22-/m1/s1. The van der Waals surface area contributed by atoms with Gasteiger partial charge in [0.25, 0.3) is 0 Å². The molecular weight excluding hydrogens is 526 g/mol. The average molecular weight is 548 g/mol. The highest BCUT2D eigenvalue weighted by Crippen LogP contribution is 2.51. The van der Waals surface area contributed by atoms with E-state index in [1.165, 1.54) is 19.2 Å². The maximum absolute atomic E-state index is 14.2. The molecule has 0 aliphatic heterocycles. The number of hydrogen-bond acceptors (Lipinski definition) is 7. The molecule has 1 aromatic carbocycles. The number of carbonyl (C=O) groups is 1. The zero-order valence-electron chi connectivity index (χ0n) is 19.3. The third kappa shape index (κ3) is 5.75. The van der Waals surface area contributed by atoms with Crippen molar-refractivity contribution in [1.29, 1.82) is 0 Å². The molecule has 13 heteroatoms. The topological polar surface area (TPSA) is 116 Å². The van der Waals surface area contributed by atoms with Crippen LogP contribution < -0.4 is 16.0 Å². The molecule has 0 amide bonds. The summed E-state index contributed by atoms with van der Waals surface area (Å²) in [6, 6.07) is 4.26. The van der Waals surface area contributed by atoms with Gasteiger partial charge in [0.1, 0.15) is 16.5 Å². The van der Waals surface area contributed by atoms with Crippen molar-refractivity contribution >= 4 is 35.4 Å². The van der Waals surface area contributed by atoms with Crippen LogP contribution in [0.1, 0.15) is 24.0 Å². The molecule has 1 heterocycles. The minimum absolute atomic E-state index is 0.0805. The van der Waals surface area contributed by atoms with Crippen LogP contribution in [0, 0.1) is 0 Å². The third-order valence-electron chi connectivity index (χ3n) is 5.27. The lowest BCUT2D eigenvalue weighted by Gasteiger charge is -2.37. The Morgan fingerprint density at radius 2 is 1.89 bits per heavy atom. The lowest BCUT2D eigenvalue weighted by atomic mass is 9.78. The first-order chi connectivity index (χ1) is 16.7. The number of aryl methyl sites for hydroxylation is 1. The molecule has 0 aliphatic carbocycles. The Labute approximate surface area is 214 Å². The van der Waals surface area contributed by atoms with E-state index in [0.29, 0.717) is 0 Å². The summed E-state index contributed by atoms with van der Waals surface area (Å²) < 4.78 is 53.4. The quantitative estimate of drug-likeness (QED) is 0.221. The van der Waals surface area contributed by atoms with Crippen LogP contribution in [0.25, 0.3) is 0 Å². The minimum Gasteiger partial charge on any atom is -0.464 e. The van der Waals surface area contributed by atoms with Crippen molar-refractivity contribution in [2.75, 3.05) is 7.11 Å². The fraction of sp³-hybridized carbons (Fsp3) is 0.261. The molecule has 2 aromatic rings. The molecule has 0 saturated carbocycles.